The zero-order valence-electron chi connectivity index (χ0n) is 15.9. The van der Waals surface area contributed by atoms with E-state index in [9.17, 15) is 9.59 Å². The Kier molecular flexibility index (Phi) is 5.21. The monoisotopic (exact) mass is 376 g/mol. The van der Waals surface area contributed by atoms with Gasteiger partial charge in [-0.3, -0.25) is 9.59 Å². The standard InChI is InChI=1S/C22H24N4O2/c1-26(14-20-24-19-9-5-4-8-18(19)21(27)25-20)22(28)17-7-3-2-6-16(17)12-15-10-11-23-13-15/h2-9,15,23H,10-14H2,1H3,(H,24,25,27). The molecule has 0 bridgehead atoms. The van der Waals surface area contributed by atoms with Gasteiger partial charge in [-0.25, -0.2) is 4.98 Å². The van der Waals surface area contributed by atoms with Crippen LogP contribution in [0.25, 0.3) is 10.9 Å². The summed E-state index contributed by atoms with van der Waals surface area (Å²) in [5.74, 6) is 0.993. The van der Waals surface area contributed by atoms with E-state index in [1.165, 1.54) is 0 Å². The van der Waals surface area contributed by atoms with Crippen molar-refractivity contribution in [3.63, 3.8) is 0 Å². The summed E-state index contributed by atoms with van der Waals surface area (Å²) in [5.41, 5.74) is 2.25. The van der Waals surface area contributed by atoms with Crippen LogP contribution in [0.4, 0.5) is 0 Å². The lowest BCUT2D eigenvalue weighted by atomic mass is 9.94. The molecule has 1 aromatic heterocycles. The van der Waals surface area contributed by atoms with E-state index >= 15 is 0 Å². The summed E-state index contributed by atoms with van der Waals surface area (Å²) in [6.07, 6.45) is 2.04. The Balaban J connectivity index is 1.55. The quantitative estimate of drug-likeness (QED) is 0.717. The van der Waals surface area contributed by atoms with E-state index in [2.05, 4.69) is 15.3 Å². The van der Waals surface area contributed by atoms with Crippen LogP contribution in [0.3, 0.4) is 0 Å². The molecule has 3 aromatic rings. The molecule has 1 unspecified atom stereocenters. The van der Waals surface area contributed by atoms with Crippen molar-refractivity contribution in [2.24, 2.45) is 5.92 Å². The van der Waals surface area contributed by atoms with E-state index in [0.29, 0.717) is 22.6 Å². The second-order valence-corrected chi connectivity index (χ2v) is 7.41. The Hall–Kier alpha value is -2.99. The Morgan fingerprint density at radius 2 is 1.96 bits per heavy atom. The maximum atomic E-state index is 13.1. The van der Waals surface area contributed by atoms with E-state index in [1.807, 2.05) is 36.4 Å². The van der Waals surface area contributed by atoms with Crippen molar-refractivity contribution in [3.8, 4) is 0 Å². The first-order valence-corrected chi connectivity index (χ1v) is 9.64. The van der Waals surface area contributed by atoms with Crippen molar-refractivity contribution in [1.29, 1.82) is 0 Å². The Morgan fingerprint density at radius 3 is 2.79 bits per heavy atom. The number of aromatic nitrogens is 2. The molecule has 6 nitrogen and oxygen atoms in total. The molecule has 0 radical (unpaired) electrons. The minimum absolute atomic E-state index is 0.0580. The number of rotatable bonds is 5. The Bertz CT molecular complexity index is 1050. The maximum Gasteiger partial charge on any atom is 0.258 e. The average molecular weight is 376 g/mol. The Labute approximate surface area is 163 Å². The number of H-pyrrole nitrogens is 1. The molecule has 2 aromatic carbocycles. The highest BCUT2D eigenvalue weighted by Crippen LogP contribution is 2.20. The molecule has 0 saturated carbocycles. The maximum absolute atomic E-state index is 13.1. The van der Waals surface area contributed by atoms with Crippen LogP contribution in [-0.2, 0) is 13.0 Å². The van der Waals surface area contributed by atoms with E-state index < -0.39 is 0 Å². The summed E-state index contributed by atoms with van der Waals surface area (Å²) in [6, 6.07) is 15.0. The third-order valence-corrected chi connectivity index (χ3v) is 5.31. The lowest BCUT2D eigenvalue weighted by Crippen LogP contribution is -2.29. The van der Waals surface area contributed by atoms with Gasteiger partial charge in [0.2, 0.25) is 0 Å². The molecule has 0 aliphatic carbocycles. The van der Waals surface area contributed by atoms with Gasteiger partial charge < -0.3 is 15.2 Å². The van der Waals surface area contributed by atoms with Gasteiger partial charge in [-0.15, -0.1) is 0 Å². The predicted molar refractivity (Wildman–Crippen MR) is 109 cm³/mol. The highest BCUT2D eigenvalue weighted by atomic mass is 16.2. The lowest BCUT2D eigenvalue weighted by Gasteiger charge is -2.19. The minimum Gasteiger partial charge on any atom is -0.334 e. The molecule has 1 aliphatic rings. The molecule has 1 fully saturated rings. The normalized spacial score (nSPS) is 16.4. The van der Waals surface area contributed by atoms with Crippen molar-refractivity contribution >= 4 is 16.8 Å². The zero-order valence-corrected chi connectivity index (χ0v) is 15.9. The molecular weight excluding hydrogens is 352 g/mol. The summed E-state index contributed by atoms with van der Waals surface area (Å²) >= 11 is 0. The molecule has 28 heavy (non-hydrogen) atoms. The van der Waals surface area contributed by atoms with E-state index in [1.54, 1.807) is 24.1 Å². The fourth-order valence-electron chi connectivity index (χ4n) is 3.82. The van der Waals surface area contributed by atoms with Crippen LogP contribution in [0.5, 0.6) is 0 Å². The molecule has 1 atom stereocenters. The van der Waals surface area contributed by atoms with Gasteiger partial charge in [-0.2, -0.15) is 0 Å². The topological polar surface area (TPSA) is 78.1 Å². The summed E-state index contributed by atoms with van der Waals surface area (Å²) in [5, 5.41) is 3.93. The number of amides is 1. The number of benzene rings is 2. The van der Waals surface area contributed by atoms with Gasteiger partial charge >= 0.3 is 0 Å². The summed E-state index contributed by atoms with van der Waals surface area (Å²) in [4.78, 5) is 34.2. The summed E-state index contributed by atoms with van der Waals surface area (Å²) in [7, 11) is 1.74. The van der Waals surface area contributed by atoms with Crippen LogP contribution < -0.4 is 10.9 Å². The van der Waals surface area contributed by atoms with Crippen LogP contribution in [0, 0.1) is 5.92 Å². The molecule has 144 valence electrons. The van der Waals surface area contributed by atoms with Crippen LogP contribution >= 0.6 is 0 Å². The number of fused-ring (bicyclic) bond motifs is 1. The Morgan fingerprint density at radius 1 is 1.18 bits per heavy atom. The van der Waals surface area contributed by atoms with Crippen molar-refractivity contribution in [3.05, 3.63) is 75.8 Å². The molecule has 4 rings (SSSR count). The molecule has 0 spiro atoms. The number of hydrogen-bond donors (Lipinski definition) is 2. The highest BCUT2D eigenvalue weighted by molar-refractivity contribution is 5.95. The zero-order chi connectivity index (χ0) is 19.5. The summed E-state index contributed by atoms with van der Waals surface area (Å²) in [6.45, 7) is 2.29. The van der Waals surface area contributed by atoms with Crippen molar-refractivity contribution < 1.29 is 4.79 Å². The fourth-order valence-corrected chi connectivity index (χ4v) is 3.82. The number of nitrogens with zero attached hydrogens (tertiary/aromatic N) is 2. The first-order valence-electron chi connectivity index (χ1n) is 9.64. The number of hydrogen-bond acceptors (Lipinski definition) is 4. The molecule has 2 N–H and O–H groups in total. The van der Waals surface area contributed by atoms with E-state index in [0.717, 1.165) is 37.1 Å². The van der Waals surface area contributed by atoms with Crippen molar-refractivity contribution in [1.82, 2.24) is 20.2 Å². The minimum atomic E-state index is -0.185. The van der Waals surface area contributed by atoms with Crippen molar-refractivity contribution in [2.45, 2.75) is 19.4 Å². The number of carbonyl (C=O) groups is 1. The van der Waals surface area contributed by atoms with Crippen molar-refractivity contribution in [2.75, 3.05) is 20.1 Å². The smallest absolute Gasteiger partial charge is 0.258 e. The lowest BCUT2D eigenvalue weighted by molar-refractivity contribution is 0.0780. The van der Waals surface area contributed by atoms with Gasteiger partial charge in [0.1, 0.15) is 5.82 Å². The first kappa shape index (κ1) is 18.4. The molecule has 1 amide bonds. The fraction of sp³-hybridized carbons (Fsp3) is 0.318. The third-order valence-electron chi connectivity index (χ3n) is 5.31. The van der Waals surface area contributed by atoms with E-state index in [4.69, 9.17) is 0 Å². The van der Waals surface area contributed by atoms with Crippen LogP contribution in [0.15, 0.2) is 53.3 Å². The number of para-hydroxylation sites is 1. The molecule has 2 heterocycles. The van der Waals surface area contributed by atoms with Gasteiger partial charge in [0.15, 0.2) is 0 Å². The number of carbonyl (C=O) groups excluding carboxylic acids is 1. The predicted octanol–water partition coefficient (Wildman–Crippen LogP) is 2.35. The number of aromatic amines is 1. The molecular formula is C22H24N4O2. The van der Waals surface area contributed by atoms with Gasteiger partial charge in [0.25, 0.3) is 11.5 Å². The second kappa shape index (κ2) is 7.94. The third kappa shape index (κ3) is 3.82. The summed E-state index contributed by atoms with van der Waals surface area (Å²) < 4.78 is 0. The molecule has 6 heteroatoms. The largest absolute Gasteiger partial charge is 0.334 e. The van der Waals surface area contributed by atoms with Gasteiger partial charge in [-0.1, -0.05) is 30.3 Å². The SMILES string of the molecule is CN(Cc1nc2ccccc2c(=O)[nH]1)C(=O)c1ccccc1CC1CCNC1. The van der Waals surface area contributed by atoms with E-state index in [-0.39, 0.29) is 18.0 Å². The van der Waals surface area contributed by atoms with Gasteiger partial charge in [0.05, 0.1) is 17.4 Å². The second-order valence-electron chi connectivity index (χ2n) is 7.41. The molecule has 1 aliphatic heterocycles. The number of nitrogens with one attached hydrogen (secondary N) is 2. The van der Waals surface area contributed by atoms with Crippen LogP contribution in [0.2, 0.25) is 0 Å². The van der Waals surface area contributed by atoms with Crippen LogP contribution in [0.1, 0.15) is 28.2 Å². The highest BCUT2D eigenvalue weighted by Gasteiger charge is 2.21. The van der Waals surface area contributed by atoms with Gasteiger partial charge in [0, 0.05) is 12.6 Å². The average Bonchev–Trinajstić information content (AvgIpc) is 3.21. The van der Waals surface area contributed by atoms with Gasteiger partial charge in [-0.05, 0) is 55.6 Å². The molecule has 1 saturated heterocycles. The first-order chi connectivity index (χ1) is 13.6. The van der Waals surface area contributed by atoms with Crippen LogP contribution in [-0.4, -0.2) is 40.9 Å².